The van der Waals surface area contributed by atoms with E-state index in [1.54, 1.807) is 0 Å². The molecule has 0 heterocycles. The van der Waals surface area contributed by atoms with Crippen LogP contribution in [0.1, 0.15) is 54.9 Å². The molecule has 1 aliphatic rings. The second kappa shape index (κ2) is 8.12. The first-order chi connectivity index (χ1) is 10.8. The zero-order valence-electron chi connectivity index (χ0n) is 15.1. The van der Waals surface area contributed by atoms with Crippen molar-refractivity contribution in [2.45, 2.75) is 67.2 Å². The van der Waals surface area contributed by atoms with Gasteiger partial charge < -0.3 is 4.74 Å². The molecule has 0 aliphatic heterocycles. The zero-order chi connectivity index (χ0) is 19.5. The molecule has 140 valence electrons. The van der Waals surface area contributed by atoms with Gasteiger partial charge in [-0.25, -0.2) is 22.0 Å². The highest BCUT2D eigenvalue weighted by Crippen LogP contribution is 2.39. The van der Waals surface area contributed by atoms with E-state index in [-0.39, 0.29) is 5.41 Å². The fraction of sp³-hybridized carbons (Fsp3) is 0.706. The lowest BCUT2D eigenvalue weighted by Crippen LogP contribution is -2.39. The third-order valence-corrected chi connectivity index (χ3v) is 3.13. The molecule has 2 unspecified atom stereocenters. The molecule has 0 spiro atoms. The van der Waals surface area contributed by atoms with Gasteiger partial charge in [0.15, 0.2) is 35.6 Å². The predicted octanol–water partition coefficient (Wildman–Crippen LogP) is 6.04. The molecule has 1 aliphatic carbocycles. The lowest BCUT2D eigenvalue weighted by molar-refractivity contribution is -0.163. The smallest absolute Gasteiger partial charge is 0.312 e. The number of hydrogen-bond acceptors (Lipinski definition) is 2. The zero-order valence-corrected chi connectivity index (χ0v) is 15.1. The summed E-state index contributed by atoms with van der Waals surface area (Å²) in [6, 6.07) is 0. The molecular weight excluding hydrogens is 331 g/mol. The van der Waals surface area contributed by atoms with Gasteiger partial charge in [0.25, 0.3) is 0 Å². The number of alkyl halides is 1. The van der Waals surface area contributed by atoms with Crippen LogP contribution in [-0.4, -0.2) is 18.2 Å². The Bertz CT molecular complexity index is 530. The van der Waals surface area contributed by atoms with Crippen molar-refractivity contribution in [2.75, 3.05) is 0 Å². The van der Waals surface area contributed by atoms with E-state index in [4.69, 9.17) is 0 Å². The van der Waals surface area contributed by atoms with Crippen molar-refractivity contribution >= 4 is 5.97 Å². The fourth-order valence-electron chi connectivity index (χ4n) is 2.50. The Morgan fingerprint density at radius 1 is 0.958 bits per heavy atom. The summed E-state index contributed by atoms with van der Waals surface area (Å²) in [5.74, 6) is -9.53. The minimum Gasteiger partial charge on any atom is -0.451 e. The van der Waals surface area contributed by atoms with Crippen molar-refractivity contribution in [2.24, 2.45) is 10.8 Å². The van der Waals surface area contributed by atoms with Gasteiger partial charge in [-0.05, 0) is 25.7 Å². The highest BCUT2D eigenvalue weighted by molar-refractivity contribution is 5.76. The topological polar surface area (TPSA) is 26.3 Å². The Morgan fingerprint density at radius 3 is 1.79 bits per heavy atom. The van der Waals surface area contributed by atoms with Crippen molar-refractivity contribution in [1.82, 2.24) is 0 Å². The van der Waals surface area contributed by atoms with Gasteiger partial charge in [0, 0.05) is 0 Å². The third-order valence-electron chi connectivity index (χ3n) is 3.13. The molecule has 1 rings (SSSR count). The maximum atomic E-state index is 13.6. The number of esters is 1. The van der Waals surface area contributed by atoms with Crippen molar-refractivity contribution in [1.29, 1.82) is 0 Å². The number of ether oxygens (including phenoxy) is 1. The molecule has 0 amide bonds. The van der Waals surface area contributed by atoms with Crippen molar-refractivity contribution in [3.05, 3.63) is 23.3 Å². The van der Waals surface area contributed by atoms with Gasteiger partial charge in [-0.3, -0.25) is 4.79 Å². The number of hydrogen-bond donors (Lipinski definition) is 0. The van der Waals surface area contributed by atoms with Gasteiger partial charge in [-0.2, -0.15) is 0 Å². The summed E-state index contributed by atoms with van der Waals surface area (Å²) in [5, 5.41) is 0. The minimum absolute atomic E-state index is 0.291. The molecule has 0 radical (unpaired) electrons. The van der Waals surface area contributed by atoms with E-state index in [2.05, 4.69) is 4.74 Å². The number of rotatable bonds is 3. The average Bonchev–Trinajstić information content (AvgIpc) is 2.47. The Balaban J connectivity index is 0.00000254. The highest BCUT2D eigenvalue weighted by atomic mass is 19.2. The molecular formula is C17H25F5O2. The van der Waals surface area contributed by atoms with Gasteiger partial charge in [-0.1, -0.05) is 34.6 Å². The molecule has 0 aromatic heterocycles. The number of carbonyl (C=O) groups excluding carboxylic acids is 1. The molecule has 2 nitrogen and oxygen atoms in total. The lowest BCUT2D eigenvalue weighted by Gasteiger charge is -2.32. The fourth-order valence-corrected chi connectivity index (χ4v) is 2.50. The molecule has 2 atom stereocenters. The molecule has 0 saturated carbocycles. The molecule has 0 N–H and O–H groups in total. The van der Waals surface area contributed by atoms with Gasteiger partial charge in [0.1, 0.15) is 0 Å². The van der Waals surface area contributed by atoms with Crippen molar-refractivity contribution in [3.63, 3.8) is 0 Å². The summed E-state index contributed by atoms with van der Waals surface area (Å²) in [4.78, 5) is 12.1. The molecule has 0 bridgehead atoms. The van der Waals surface area contributed by atoms with Crippen molar-refractivity contribution in [3.8, 4) is 0 Å². The predicted molar refractivity (Wildman–Crippen MR) is 82.5 cm³/mol. The minimum atomic E-state index is -2.91. The average molecular weight is 356 g/mol. The normalized spacial score (nSPS) is 22.2. The highest BCUT2D eigenvalue weighted by Gasteiger charge is 2.45. The summed E-state index contributed by atoms with van der Waals surface area (Å²) >= 11 is 0. The van der Waals surface area contributed by atoms with Gasteiger partial charge >= 0.3 is 5.97 Å². The summed E-state index contributed by atoms with van der Waals surface area (Å²) < 4.78 is 70.9. The van der Waals surface area contributed by atoms with Crippen LogP contribution < -0.4 is 0 Å². The number of halogens is 5. The summed E-state index contributed by atoms with van der Waals surface area (Å²) in [5.41, 5.74) is -1.42. The largest absolute Gasteiger partial charge is 0.451 e. The van der Waals surface area contributed by atoms with Gasteiger partial charge in [-0.15, -0.1) is 0 Å². The second-order valence-corrected chi connectivity index (χ2v) is 7.17. The molecule has 0 aromatic rings. The number of carbonyl (C=O) groups is 1. The van der Waals surface area contributed by atoms with Crippen LogP contribution in [-0.2, 0) is 9.53 Å². The van der Waals surface area contributed by atoms with Crippen LogP contribution >= 0.6 is 0 Å². The molecule has 0 fully saturated rings. The van der Waals surface area contributed by atoms with Crippen LogP contribution in [0.3, 0.4) is 0 Å². The van der Waals surface area contributed by atoms with Gasteiger partial charge in [0.05, 0.1) is 5.41 Å². The van der Waals surface area contributed by atoms with Crippen LogP contribution in [0.4, 0.5) is 22.0 Å². The van der Waals surface area contributed by atoms with Gasteiger partial charge in [0.2, 0.25) is 0 Å². The van der Waals surface area contributed by atoms with E-state index in [1.165, 1.54) is 13.8 Å². The Hall–Kier alpha value is -1.40. The Labute approximate surface area is 139 Å². The molecule has 7 heteroatoms. The summed E-state index contributed by atoms with van der Waals surface area (Å²) in [6.45, 7) is 12.5. The van der Waals surface area contributed by atoms with Crippen molar-refractivity contribution < 1.29 is 31.5 Å². The van der Waals surface area contributed by atoms with Crippen LogP contribution in [0.15, 0.2) is 23.3 Å². The second-order valence-electron chi connectivity index (χ2n) is 7.17. The maximum Gasteiger partial charge on any atom is 0.312 e. The number of allylic oxidation sites excluding steroid dienone is 2. The standard InChI is InChI=1S/C15H19F5O2.C2H6/c1-14(2,3)6-15(4,5)13(21)22-12-10(19)8(17)7(16)9(18)11(12)20;1-2/h10,12H,6H2,1-5H3;1-2H3. The quantitative estimate of drug-likeness (QED) is 0.455. The lowest BCUT2D eigenvalue weighted by atomic mass is 9.76. The van der Waals surface area contributed by atoms with E-state index in [0.29, 0.717) is 6.42 Å². The summed E-state index contributed by atoms with van der Waals surface area (Å²) in [7, 11) is 0. The first kappa shape index (κ1) is 22.6. The van der Waals surface area contributed by atoms with E-state index in [9.17, 15) is 26.7 Å². The Morgan fingerprint density at radius 2 is 1.38 bits per heavy atom. The van der Waals surface area contributed by atoms with E-state index in [1.807, 2.05) is 34.6 Å². The third kappa shape index (κ3) is 5.31. The molecule has 0 saturated heterocycles. The molecule has 0 aromatic carbocycles. The van der Waals surface area contributed by atoms with E-state index in [0.717, 1.165) is 0 Å². The van der Waals surface area contributed by atoms with Crippen LogP contribution in [0.5, 0.6) is 0 Å². The SMILES string of the molecule is CC.CC(C)(C)CC(C)(C)C(=O)OC1C(F)=C(F)C(F)=C(F)C1F. The summed E-state index contributed by atoms with van der Waals surface area (Å²) in [6.07, 6.45) is -5.05. The molecule has 24 heavy (non-hydrogen) atoms. The Kier molecular flexibility index (Phi) is 7.65. The van der Waals surface area contributed by atoms with E-state index < -0.39 is 47.0 Å². The van der Waals surface area contributed by atoms with Crippen LogP contribution in [0, 0.1) is 10.8 Å². The first-order valence-corrected chi connectivity index (χ1v) is 7.74. The van der Waals surface area contributed by atoms with Crippen LogP contribution in [0.25, 0.3) is 0 Å². The first-order valence-electron chi connectivity index (χ1n) is 7.74. The monoisotopic (exact) mass is 356 g/mol. The maximum absolute atomic E-state index is 13.6. The van der Waals surface area contributed by atoms with E-state index >= 15 is 0 Å². The van der Waals surface area contributed by atoms with Crippen LogP contribution in [0.2, 0.25) is 0 Å².